The van der Waals surface area contributed by atoms with Crippen LogP contribution in [0, 0.1) is 6.92 Å². The lowest BCUT2D eigenvalue weighted by atomic mass is 10.1. The van der Waals surface area contributed by atoms with E-state index in [2.05, 4.69) is 26.4 Å². The van der Waals surface area contributed by atoms with Gasteiger partial charge in [-0.1, -0.05) is 12.1 Å². The zero-order chi connectivity index (χ0) is 21.6. The number of nitrogens with zero attached hydrogens (tertiary/aromatic N) is 4. The maximum atomic E-state index is 12.9. The first kappa shape index (κ1) is 21.0. The maximum Gasteiger partial charge on any atom is 0.252 e. The molecule has 4 aromatic heterocycles. The van der Waals surface area contributed by atoms with E-state index in [9.17, 15) is 4.79 Å². The van der Waals surface area contributed by atoms with Gasteiger partial charge in [-0.15, -0.1) is 11.3 Å². The van der Waals surface area contributed by atoms with Gasteiger partial charge in [0.25, 0.3) is 5.91 Å². The van der Waals surface area contributed by atoms with E-state index in [-0.39, 0.29) is 5.91 Å². The minimum Gasteiger partial charge on any atom is -0.475 e. The number of aromatic nitrogens is 4. The molecule has 0 aliphatic heterocycles. The van der Waals surface area contributed by atoms with Crippen LogP contribution in [0.4, 0.5) is 0 Å². The number of thiophene rings is 1. The first-order valence-electron chi connectivity index (χ1n) is 9.84. The van der Waals surface area contributed by atoms with Crippen molar-refractivity contribution in [3.8, 4) is 5.88 Å². The summed E-state index contributed by atoms with van der Waals surface area (Å²) in [6, 6.07) is 9.52. The number of aryl methyl sites for hydroxylation is 1. The Labute approximate surface area is 183 Å². The van der Waals surface area contributed by atoms with Crippen LogP contribution in [-0.2, 0) is 17.8 Å². The number of ether oxygens (including phenoxy) is 2. The number of amides is 1. The molecule has 0 fully saturated rings. The van der Waals surface area contributed by atoms with E-state index in [4.69, 9.17) is 9.47 Å². The van der Waals surface area contributed by atoms with Crippen molar-refractivity contribution >= 4 is 28.3 Å². The van der Waals surface area contributed by atoms with Crippen LogP contribution >= 0.6 is 11.3 Å². The summed E-state index contributed by atoms with van der Waals surface area (Å²) in [7, 11) is 1.62. The van der Waals surface area contributed by atoms with Gasteiger partial charge < -0.3 is 14.8 Å². The number of pyridine rings is 2. The van der Waals surface area contributed by atoms with Crippen molar-refractivity contribution in [2.45, 2.75) is 20.0 Å². The summed E-state index contributed by atoms with van der Waals surface area (Å²) in [6.45, 7) is 3.81. The summed E-state index contributed by atoms with van der Waals surface area (Å²) >= 11 is 1.67. The van der Waals surface area contributed by atoms with E-state index in [0.29, 0.717) is 43.4 Å². The third-order valence-electron chi connectivity index (χ3n) is 4.66. The maximum absolute atomic E-state index is 12.9. The van der Waals surface area contributed by atoms with Crippen molar-refractivity contribution < 1.29 is 14.3 Å². The van der Waals surface area contributed by atoms with Crippen molar-refractivity contribution in [3.63, 3.8) is 0 Å². The van der Waals surface area contributed by atoms with Crippen LogP contribution in [0.25, 0.3) is 11.0 Å². The van der Waals surface area contributed by atoms with Crippen molar-refractivity contribution in [2.75, 3.05) is 20.3 Å². The Morgan fingerprint density at radius 1 is 1.23 bits per heavy atom. The fourth-order valence-corrected chi connectivity index (χ4v) is 3.82. The molecule has 0 atom stereocenters. The lowest BCUT2D eigenvalue weighted by Gasteiger charge is -2.09. The number of hydrogen-bond donors (Lipinski definition) is 1. The lowest BCUT2D eigenvalue weighted by molar-refractivity contribution is 0.0952. The Kier molecular flexibility index (Phi) is 6.54. The largest absolute Gasteiger partial charge is 0.475 e. The van der Waals surface area contributed by atoms with E-state index in [1.165, 1.54) is 4.88 Å². The number of nitrogens with one attached hydrogen (secondary N) is 1. The molecule has 31 heavy (non-hydrogen) atoms. The Morgan fingerprint density at radius 3 is 2.87 bits per heavy atom. The van der Waals surface area contributed by atoms with Crippen LogP contribution in [0.3, 0.4) is 0 Å². The smallest absolute Gasteiger partial charge is 0.252 e. The van der Waals surface area contributed by atoms with Crippen molar-refractivity contribution in [1.82, 2.24) is 25.1 Å². The molecule has 160 valence electrons. The summed E-state index contributed by atoms with van der Waals surface area (Å²) in [5, 5.41) is 10.2. The molecule has 9 heteroatoms. The molecule has 4 rings (SSSR count). The van der Waals surface area contributed by atoms with Gasteiger partial charge in [0.05, 0.1) is 30.3 Å². The van der Waals surface area contributed by atoms with E-state index in [0.717, 1.165) is 16.6 Å². The molecule has 0 radical (unpaired) electrons. The van der Waals surface area contributed by atoms with Crippen LogP contribution in [-0.4, -0.2) is 46.0 Å². The summed E-state index contributed by atoms with van der Waals surface area (Å²) in [5.74, 6) is 0.350. The normalized spacial score (nSPS) is 11.0. The van der Waals surface area contributed by atoms with Gasteiger partial charge in [-0.25, -0.2) is 14.6 Å². The molecule has 1 N–H and O–H groups in total. The second-order valence-corrected chi connectivity index (χ2v) is 7.99. The monoisotopic (exact) mass is 437 g/mol. The highest BCUT2D eigenvalue weighted by molar-refractivity contribution is 7.09. The number of carbonyl (C=O) groups excluding carboxylic acids is 1. The Bertz CT molecular complexity index is 1160. The number of hydrogen-bond acceptors (Lipinski definition) is 7. The average molecular weight is 438 g/mol. The summed E-state index contributed by atoms with van der Waals surface area (Å²) in [5.41, 5.74) is 2.91. The van der Waals surface area contributed by atoms with Gasteiger partial charge in [-0.3, -0.25) is 4.79 Å². The molecule has 0 aliphatic carbocycles. The van der Waals surface area contributed by atoms with Gasteiger partial charge in [0.1, 0.15) is 6.61 Å². The zero-order valence-corrected chi connectivity index (χ0v) is 18.2. The first-order chi connectivity index (χ1) is 15.1. The molecule has 8 nitrogen and oxygen atoms in total. The third kappa shape index (κ3) is 5.07. The van der Waals surface area contributed by atoms with Gasteiger partial charge in [-0.2, -0.15) is 5.10 Å². The van der Waals surface area contributed by atoms with Gasteiger partial charge in [0.15, 0.2) is 5.65 Å². The van der Waals surface area contributed by atoms with Crippen LogP contribution in [0.1, 0.15) is 26.5 Å². The second kappa shape index (κ2) is 9.67. The molecule has 0 saturated carbocycles. The molecule has 0 aliphatic rings. The Hall–Kier alpha value is -3.30. The highest BCUT2D eigenvalue weighted by atomic mass is 32.1. The predicted octanol–water partition coefficient (Wildman–Crippen LogP) is 3.20. The molecule has 0 aromatic carbocycles. The summed E-state index contributed by atoms with van der Waals surface area (Å²) in [4.78, 5) is 23.0. The number of rotatable bonds is 9. The fourth-order valence-electron chi connectivity index (χ4n) is 3.13. The summed E-state index contributed by atoms with van der Waals surface area (Å²) in [6.07, 6.45) is 3.40. The van der Waals surface area contributed by atoms with Crippen molar-refractivity contribution in [3.05, 3.63) is 69.8 Å². The van der Waals surface area contributed by atoms with Crippen LogP contribution < -0.4 is 10.1 Å². The van der Waals surface area contributed by atoms with E-state index in [1.807, 2.05) is 29.1 Å². The molecule has 1 amide bonds. The molecule has 0 spiro atoms. The molecule has 4 heterocycles. The third-order valence-corrected chi connectivity index (χ3v) is 5.52. The number of carbonyl (C=O) groups is 1. The van der Waals surface area contributed by atoms with Gasteiger partial charge in [0, 0.05) is 36.5 Å². The minimum atomic E-state index is -0.174. The molecular weight excluding hydrogens is 414 g/mol. The van der Waals surface area contributed by atoms with E-state index in [1.54, 1.807) is 43.0 Å². The molecule has 0 bridgehead atoms. The second-order valence-electron chi connectivity index (χ2n) is 6.96. The Balaban J connectivity index is 1.46. The molecule has 0 unspecified atom stereocenters. The number of methoxy groups -OCH3 is 1. The van der Waals surface area contributed by atoms with E-state index < -0.39 is 0 Å². The van der Waals surface area contributed by atoms with Gasteiger partial charge in [-0.05, 0) is 30.0 Å². The molecule has 0 saturated heterocycles. The van der Waals surface area contributed by atoms with Crippen LogP contribution in [0.15, 0.2) is 48.1 Å². The SMILES string of the molecule is COCCOc1ccc(CNC(=O)c2cc(C)nc3c2cnn3Cc2cccs2)cn1. The standard InChI is InChI=1S/C22H23N5O3S/c1-15-10-18(19-13-25-27(21(19)26-15)14-17-4-3-9-31-17)22(28)24-12-16-5-6-20(23-11-16)30-8-7-29-2/h3-6,9-11,13H,7-8,12,14H2,1-2H3,(H,24,28). The predicted molar refractivity (Wildman–Crippen MR) is 118 cm³/mol. The van der Waals surface area contributed by atoms with Crippen LogP contribution in [0.5, 0.6) is 5.88 Å². The topological polar surface area (TPSA) is 91.2 Å². The first-order valence-corrected chi connectivity index (χ1v) is 10.7. The van der Waals surface area contributed by atoms with Gasteiger partial charge >= 0.3 is 0 Å². The quantitative estimate of drug-likeness (QED) is 0.405. The highest BCUT2D eigenvalue weighted by Gasteiger charge is 2.16. The highest BCUT2D eigenvalue weighted by Crippen LogP contribution is 2.20. The van der Waals surface area contributed by atoms with Gasteiger partial charge in [0.2, 0.25) is 5.88 Å². The van der Waals surface area contributed by atoms with Crippen LogP contribution in [0.2, 0.25) is 0 Å². The summed E-state index contributed by atoms with van der Waals surface area (Å²) < 4.78 is 12.2. The van der Waals surface area contributed by atoms with Crippen molar-refractivity contribution in [2.24, 2.45) is 0 Å². The Morgan fingerprint density at radius 2 is 2.13 bits per heavy atom. The fraction of sp³-hybridized carbons (Fsp3) is 0.273. The average Bonchev–Trinajstić information content (AvgIpc) is 3.43. The minimum absolute atomic E-state index is 0.174. The molecular formula is C22H23N5O3S. The van der Waals surface area contributed by atoms with Crippen molar-refractivity contribution in [1.29, 1.82) is 0 Å². The number of fused-ring (bicyclic) bond motifs is 1. The molecule has 4 aromatic rings. The van der Waals surface area contributed by atoms with E-state index >= 15 is 0 Å². The zero-order valence-electron chi connectivity index (χ0n) is 17.4. The lowest BCUT2D eigenvalue weighted by Crippen LogP contribution is -2.23.